The van der Waals surface area contributed by atoms with Gasteiger partial charge in [0, 0.05) is 18.3 Å². The van der Waals surface area contributed by atoms with Gasteiger partial charge in [-0.3, -0.25) is 0 Å². The maximum absolute atomic E-state index is 13.5. The maximum atomic E-state index is 13.5. The van der Waals surface area contributed by atoms with Gasteiger partial charge in [-0.1, -0.05) is 19.1 Å². The highest BCUT2D eigenvalue weighted by Crippen LogP contribution is 2.25. The predicted molar refractivity (Wildman–Crippen MR) is 77.4 cm³/mol. The molecular weight excluding hydrogens is 274 g/mol. The van der Waals surface area contributed by atoms with Crippen molar-refractivity contribution in [3.8, 4) is 11.6 Å². The molecule has 1 unspecified atom stereocenters. The van der Waals surface area contributed by atoms with Crippen LogP contribution in [0.15, 0.2) is 36.5 Å². The van der Waals surface area contributed by atoms with Crippen molar-refractivity contribution in [3.63, 3.8) is 0 Å². The van der Waals surface area contributed by atoms with Gasteiger partial charge in [0.25, 0.3) is 0 Å². The largest absolute Gasteiger partial charge is 0.436 e. The lowest BCUT2D eigenvalue weighted by Gasteiger charge is -2.13. The fourth-order valence-electron chi connectivity index (χ4n) is 1.86. The highest BCUT2D eigenvalue weighted by molar-refractivity contribution is 5.30. The quantitative estimate of drug-likeness (QED) is 0.866. The number of aromatic nitrogens is 1. The number of ether oxygens (including phenoxy) is 1. The van der Waals surface area contributed by atoms with E-state index >= 15 is 0 Å². The molecule has 1 atom stereocenters. The Morgan fingerprint density at radius 1 is 1.24 bits per heavy atom. The monoisotopic (exact) mass is 292 g/mol. The minimum atomic E-state index is -1.01. The molecule has 0 saturated carbocycles. The molecule has 0 radical (unpaired) electrons. The average molecular weight is 292 g/mol. The first kappa shape index (κ1) is 15.4. The third kappa shape index (κ3) is 3.98. The van der Waals surface area contributed by atoms with E-state index in [1.807, 2.05) is 13.0 Å². The molecule has 1 aromatic heterocycles. The van der Waals surface area contributed by atoms with E-state index in [4.69, 9.17) is 4.74 Å². The summed E-state index contributed by atoms with van der Waals surface area (Å²) in [6.07, 6.45) is 2.72. The van der Waals surface area contributed by atoms with Crippen LogP contribution in [-0.2, 0) is 0 Å². The van der Waals surface area contributed by atoms with E-state index < -0.39 is 11.6 Å². The van der Waals surface area contributed by atoms with Crippen LogP contribution in [0, 0.1) is 11.6 Å². The lowest BCUT2D eigenvalue weighted by Crippen LogP contribution is -2.19. The van der Waals surface area contributed by atoms with E-state index in [0.29, 0.717) is 0 Å². The van der Waals surface area contributed by atoms with Gasteiger partial charge in [0.05, 0.1) is 0 Å². The van der Waals surface area contributed by atoms with Gasteiger partial charge >= 0.3 is 0 Å². The molecule has 0 fully saturated rings. The molecule has 2 aromatic rings. The van der Waals surface area contributed by atoms with Crippen molar-refractivity contribution in [2.45, 2.75) is 26.3 Å². The zero-order valence-electron chi connectivity index (χ0n) is 12.1. The molecule has 1 N–H and O–H groups in total. The smallest absolute Gasteiger partial charge is 0.219 e. The van der Waals surface area contributed by atoms with Crippen molar-refractivity contribution < 1.29 is 13.5 Å². The van der Waals surface area contributed by atoms with E-state index in [1.54, 1.807) is 12.3 Å². The molecule has 0 aliphatic heterocycles. The van der Waals surface area contributed by atoms with Crippen molar-refractivity contribution in [2.24, 2.45) is 0 Å². The number of nitrogens with zero attached hydrogens (tertiary/aromatic N) is 1. The molecular formula is C16H18F2N2O. The number of benzene rings is 1. The molecule has 0 amide bonds. The summed E-state index contributed by atoms with van der Waals surface area (Å²) >= 11 is 0. The summed E-state index contributed by atoms with van der Waals surface area (Å²) in [5, 5.41) is 3.34. The van der Waals surface area contributed by atoms with Crippen LogP contribution in [0.4, 0.5) is 8.78 Å². The van der Waals surface area contributed by atoms with E-state index in [2.05, 4.69) is 17.2 Å². The van der Waals surface area contributed by atoms with Gasteiger partial charge in [-0.2, -0.15) is 4.39 Å². The van der Waals surface area contributed by atoms with E-state index in [1.165, 1.54) is 12.1 Å². The summed E-state index contributed by atoms with van der Waals surface area (Å²) in [6.45, 7) is 5.07. The average Bonchev–Trinajstić information content (AvgIpc) is 2.50. The third-order valence-electron chi connectivity index (χ3n) is 3.09. The first-order chi connectivity index (χ1) is 10.1. The van der Waals surface area contributed by atoms with E-state index in [-0.39, 0.29) is 17.7 Å². The second-order valence-corrected chi connectivity index (χ2v) is 4.76. The molecule has 5 heteroatoms. The summed E-state index contributed by atoms with van der Waals surface area (Å²) < 4.78 is 31.8. The minimum Gasteiger partial charge on any atom is -0.436 e. The SMILES string of the molecule is CCCNC(C)c1ccc(Oc2cccc(F)c2F)nc1. The van der Waals surface area contributed by atoms with Gasteiger partial charge < -0.3 is 10.1 Å². The third-order valence-corrected chi connectivity index (χ3v) is 3.09. The second kappa shape index (κ2) is 7.13. The van der Waals surface area contributed by atoms with E-state index in [0.717, 1.165) is 24.6 Å². The van der Waals surface area contributed by atoms with Crippen molar-refractivity contribution in [1.82, 2.24) is 10.3 Å². The van der Waals surface area contributed by atoms with Crippen LogP contribution in [0.3, 0.4) is 0 Å². The molecule has 1 aromatic carbocycles. The first-order valence-electron chi connectivity index (χ1n) is 6.93. The Morgan fingerprint density at radius 2 is 2.05 bits per heavy atom. The van der Waals surface area contributed by atoms with Crippen molar-refractivity contribution in [1.29, 1.82) is 0 Å². The predicted octanol–water partition coefficient (Wildman–Crippen LogP) is 4.21. The number of hydrogen-bond donors (Lipinski definition) is 1. The van der Waals surface area contributed by atoms with Gasteiger partial charge in [-0.05, 0) is 37.6 Å². The molecule has 3 nitrogen and oxygen atoms in total. The zero-order chi connectivity index (χ0) is 15.2. The summed E-state index contributed by atoms with van der Waals surface area (Å²) in [7, 11) is 0. The number of nitrogens with one attached hydrogen (secondary N) is 1. The maximum Gasteiger partial charge on any atom is 0.219 e. The summed E-state index contributed by atoms with van der Waals surface area (Å²) in [6, 6.07) is 7.46. The Hall–Kier alpha value is -2.01. The molecule has 112 valence electrons. The standard InChI is InChI=1S/C16H18F2N2O/c1-3-9-19-11(2)12-7-8-15(20-10-12)21-14-6-4-5-13(17)16(14)18/h4-8,10-11,19H,3,9H2,1-2H3. The first-order valence-corrected chi connectivity index (χ1v) is 6.93. The minimum absolute atomic E-state index is 0.174. The summed E-state index contributed by atoms with van der Waals surface area (Å²) in [5.41, 5.74) is 1.01. The Morgan fingerprint density at radius 3 is 2.71 bits per heavy atom. The van der Waals surface area contributed by atoms with Crippen molar-refractivity contribution in [2.75, 3.05) is 6.54 Å². The molecule has 1 heterocycles. The van der Waals surface area contributed by atoms with Gasteiger partial charge in [0.2, 0.25) is 11.7 Å². The van der Waals surface area contributed by atoms with Crippen LogP contribution in [0.5, 0.6) is 11.6 Å². The van der Waals surface area contributed by atoms with Gasteiger partial charge in [0.15, 0.2) is 11.6 Å². The number of pyridine rings is 1. The lowest BCUT2D eigenvalue weighted by molar-refractivity contribution is 0.405. The van der Waals surface area contributed by atoms with Crippen LogP contribution in [0.25, 0.3) is 0 Å². The van der Waals surface area contributed by atoms with Gasteiger partial charge in [0.1, 0.15) is 0 Å². The molecule has 21 heavy (non-hydrogen) atoms. The summed E-state index contributed by atoms with van der Waals surface area (Å²) in [5.74, 6) is -1.90. The lowest BCUT2D eigenvalue weighted by atomic mass is 10.1. The van der Waals surface area contributed by atoms with Crippen LogP contribution < -0.4 is 10.1 Å². The van der Waals surface area contributed by atoms with E-state index in [9.17, 15) is 8.78 Å². The molecule has 2 rings (SSSR count). The molecule has 0 saturated heterocycles. The van der Waals surface area contributed by atoms with Crippen LogP contribution in [0.2, 0.25) is 0 Å². The number of rotatable bonds is 6. The molecule has 0 bridgehead atoms. The Bertz CT molecular complexity index is 587. The highest BCUT2D eigenvalue weighted by atomic mass is 19.2. The number of halogens is 2. The summed E-state index contributed by atoms with van der Waals surface area (Å²) in [4.78, 5) is 4.12. The Labute approximate surface area is 123 Å². The van der Waals surface area contributed by atoms with Crippen molar-refractivity contribution >= 4 is 0 Å². The van der Waals surface area contributed by atoms with Crippen LogP contribution >= 0.6 is 0 Å². The fourth-order valence-corrected chi connectivity index (χ4v) is 1.86. The number of hydrogen-bond acceptors (Lipinski definition) is 3. The molecule has 0 spiro atoms. The van der Waals surface area contributed by atoms with Crippen LogP contribution in [-0.4, -0.2) is 11.5 Å². The Kier molecular flexibility index (Phi) is 5.22. The van der Waals surface area contributed by atoms with Gasteiger partial charge in [-0.25, -0.2) is 9.37 Å². The van der Waals surface area contributed by atoms with Gasteiger partial charge in [-0.15, -0.1) is 0 Å². The normalized spacial score (nSPS) is 12.2. The second-order valence-electron chi connectivity index (χ2n) is 4.76. The molecule has 0 aliphatic carbocycles. The zero-order valence-corrected chi connectivity index (χ0v) is 12.1. The Balaban J connectivity index is 2.07. The van der Waals surface area contributed by atoms with Crippen molar-refractivity contribution in [3.05, 3.63) is 53.7 Å². The van der Waals surface area contributed by atoms with Crippen LogP contribution in [0.1, 0.15) is 31.9 Å². The topological polar surface area (TPSA) is 34.1 Å². The fraction of sp³-hybridized carbons (Fsp3) is 0.312. The molecule has 0 aliphatic rings. The highest BCUT2D eigenvalue weighted by Gasteiger charge is 2.11.